The minimum atomic E-state index is -0.105. The van der Waals surface area contributed by atoms with Crippen LogP contribution in [0.25, 0.3) is 0 Å². The lowest BCUT2D eigenvalue weighted by atomic mass is 9.94. The van der Waals surface area contributed by atoms with Crippen molar-refractivity contribution in [3.63, 3.8) is 0 Å². The quantitative estimate of drug-likeness (QED) is 0.925. The van der Waals surface area contributed by atoms with E-state index in [2.05, 4.69) is 29.6 Å². The van der Waals surface area contributed by atoms with Crippen LogP contribution in [0.2, 0.25) is 0 Å². The average Bonchev–Trinajstić information content (AvgIpc) is 2.85. The number of carbonyl (C=O) groups is 1. The molecule has 2 aromatic rings. The zero-order chi connectivity index (χ0) is 15.5. The third-order valence-corrected chi connectivity index (χ3v) is 3.88. The molecule has 0 radical (unpaired) electrons. The van der Waals surface area contributed by atoms with E-state index in [1.54, 1.807) is 0 Å². The van der Waals surface area contributed by atoms with Gasteiger partial charge >= 0.3 is 0 Å². The van der Waals surface area contributed by atoms with Gasteiger partial charge in [0, 0.05) is 14.0 Å². The average molecular weight is 293 g/mol. The van der Waals surface area contributed by atoms with Gasteiger partial charge in [-0.15, -0.1) is 0 Å². The van der Waals surface area contributed by atoms with E-state index in [0.717, 1.165) is 5.56 Å². The van der Waals surface area contributed by atoms with Gasteiger partial charge in [0.1, 0.15) is 6.04 Å². The smallest absolute Gasteiger partial charge is 0.223 e. The molecule has 3 rings (SSSR count). The van der Waals surface area contributed by atoms with E-state index < -0.39 is 0 Å². The Labute approximate surface area is 130 Å². The summed E-state index contributed by atoms with van der Waals surface area (Å²) in [5.74, 6) is 0.515. The topological polar surface area (TPSA) is 44.7 Å². The Bertz CT molecular complexity index is 682. The number of nitrogens with zero attached hydrogens (tertiary/aromatic N) is 2. The highest BCUT2D eigenvalue weighted by atomic mass is 16.1. The van der Waals surface area contributed by atoms with Gasteiger partial charge in [-0.25, -0.2) is 4.99 Å². The Balaban J connectivity index is 2.01. The molecule has 1 N–H and O–H groups in total. The monoisotopic (exact) mass is 293 g/mol. The molecular weight excluding hydrogens is 274 g/mol. The van der Waals surface area contributed by atoms with Crippen molar-refractivity contribution in [3.05, 3.63) is 71.8 Å². The largest absolute Gasteiger partial charge is 0.336 e. The van der Waals surface area contributed by atoms with Crippen molar-refractivity contribution in [2.24, 2.45) is 4.99 Å². The first kappa shape index (κ1) is 14.3. The minimum absolute atomic E-state index is 0.0320. The third kappa shape index (κ3) is 2.72. The lowest BCUT2D eigenvalue weighted by molar-refractivity contribution is -0.117. The number of carbonyl (C=O) groups excluding carboxylic acids is 1. The molecule has 0 saturated carbocycles. The molecule has 112 valence electrons. The first-order valence-corrected chi connectivity index (χ1v) is 7.35. The Kier molecular flexibility index (Phi) is 3.92. The Hall–Kier alpha value is -2.62. The summed E-state index contributed by atoms with van der Waals surface area (Å²) >= 11 is 0. The van der Waals surface area contributed by atoms with E-state index in [9.17, 15) is 4.79 Å². The van der Waals surface area contributed by atoms with Gasteiger partial charge in [-0.1, -0.05) is 60.7 Å². The van der Waals surface area contributed by atoms with Crippen LogP contribution in [0.15, 0.2) is 65.7 Å². The molecule has 0 fully saturated rings. The molecule has 4 heteroatoms. The van der Waals surface area contributed by atoms with Crippen molar-refractivity contribution in [2.45, 2.75) is 19.0 Å². The van der Waals surface area contributed by atoms with E-state index >= 15 is 0 Å². The first-order valence-electron chi connectivity index (χ1n) is 7.35. The first-order chi connectivity index (χ1) is 10.7. The van der Waals surface area contributed by atoms with Crippen molar-refractivity contribution >= 4 is 11.9 Å². The maximum atomic E-state index is 11.4. The summed E-state index contributed by atoms with van der Waals surface area (Å²) < 4.78 is 0. The highest BCUT2D eigenvalue weighted by Gasteiger charge is 2.36. The molecule has 0 aromatic heterocycles. The van der Waals surface area contributed by atoms with Gasteiger partial charge in [-0.3, -0.25) is 10.1 Å². The molecule has 2 atom stereocenters. The molecule has 0 aliphatic carbocycles. The molecule has 0 saturated heterocycles. The van der Waals surface area contributed by atoms with E-state index in [1.165, 1.54) is 12.5 Å². The number of aliphatic imine (C=N–C) groups is 1. The summed E-state index contributed by atoms with van der Waals surface area (Å²) in [6.45, 7) is 1.50. The van der Waals surface area contributed by atoms with Gasteiger partial charge in [0.15, 0.2) is 0 Å². The lowest BCUT2D eigenvalue weighted by Crippen LogP contribution is -2.39. The van der Waals surface area contributed by atoms with Crippen LogP contribution in [-0.4, -0.2) is 23.8 Å². The summed E-state index contributed by atoms with van der Waals surface area (Å²) in [6.07, 6.45) is 0. The fraction of sp³-hybridized carbons (Fsp3) is 0.222. The molecule has 2 unspecified atom stereocenters. The van der Waals surface area contributed by atoms with Crippen LogP contribution in [0, 0.1) is 0 Å². The normalized spacial score (nSPS) is 20.6. The van der Waals surface area contributed by atoms with E-state index in [4.69, 9.17) is 4.99 Å². The highest BCUT2D eigenvalue weighted by Crippen LogP contribution is 2.40. The van der Waals surface area contributed by atoms with E-state index in [-0.39, 0.29) is 18.0 Å². The Morgan fingerprint density at radius 1 is 1.00 bits per heavy atom. The van der Waals surface area contributed by atoms with Gasteiger partial charge < -0.3 is 4.90 Å². The Morgan fingerprint density at radius 2 is 1.55 bits per heavy atom. The maximum absolute atomic E-state index is 11.4. The maximum Gasteiger partial charge on any atom is 0.223 e. The number of nitrogens with one attached hydrogen (secondary N) is 1. The third-order valence-electron chi connectivity index (χ3n) is 3.88. The number of hydrogen-bond donors (Lipinski definition) is 1. The molecule has 1 heterocycles. The molecule has 2 aromatic carbocycles. The minimum Gasteiger partial charge on any atom is -0.336 e. The zero-order valence-electron chi connectivity index (χ0n) is 12.7. The van der Waals surface area contributed by atoms with Crippen molar-refractivity contribution in [3.8, 4) is 0 Å². The second-order valence-electron chi connectivity index (χ2n) is 5.46. The van der Waals surface area contributed by atoms with Crippen LogP contribution in [0.5, 0.6) is 0 Å². The lowest BCUT2D eigenvalue weighted by Gasteiger charge is -2.27. The Morgan fingerprint density at radius 3 is 2.09 bits per heavy atom. The van der Waals surface area contributed by atoms with Crippen LogP contribution < -0.4 is 5.32 Å². The van der Waals surface area contributed by atoms with Gasteiger partial charge in [0.2, 0.25) is 11.9 Å². The number of rotatable bonds is 2. The summed E-state index contributed by atoms with van der Waals surface area (Å²) in [7, 11) is 1.97. The summed E-state index contributed by atoms with van der Waals surface area (Å²) in [5, 5.41) is 2.83. The SMILES string of the molecule is CC(=O)NC1=NC(c2ccccc2)C(c2ccccc2)N1C. The van der Waals surface area contributed by atoms with E-state index in [1.807, 2.05) is 48.3 Å². The molecule has 22 heavy (non-hydrogen) atoms. The van der Waals surface area contributed by atoms with Crippen LogP contribution >= 0.6 is 0 Å². The predicted molar refractivity (Wildman–Crippen MR) is 87.4 cm³/mol. The van der Waals surface area contributed by atoms with Crippen LogP contribution in [0.1, 0.15) is 30.1 Å². The fourth-order valence-corrected chi connectivity index (χ4v) is 2.88. The molecule has 4 nitrogen and oxygen atoms in total. The second-order valence-corrected chi connectivity index (χ2v) is 5.46. The highest BCUT2D eigenvalue weighted by molar-refractivity contribution is 5.97. The van der Waals surface area contributed by atoms with Crippen LogP contribution in [0.3, 0.4) is 0 Å². The van der Waals surface area contributed by atoms with Crippen LogP contribution in [-0.2, 0) is 4.79 Å². The molecule has 0 spiro atoms. The number of amides is 1. The van der Waals surface area contributed by atoms with Crippen molar-refractivity contribution in [1.82, 2.24) is 10.2 Å². The zero-order valence-corrected chi connectivity index (χ0v) is 12.7. The van der Waals surface area contributed by atoms with Crippen molar-refractivity contribution in [1.29, 1.82) is 0 Å². The van der Waals surface area contributed by atoms with E-state index in [0.29, 0.717) is 5.96 Å². The van der Waals surface area contributed by atoms with Crippen LogP contribution in [0.4, 0.5) is 0 Å². The summed E-state index contributed by atoms with van der Waals surface area (Å²) in [4.78, 5) is 18.2. The molecule has 1 aliphatic rings. The van der Waals surface area contributed by atoms with Gasteiger partial charge in [0.25, 0.3) is 0 Å². The fourth-order valence-electron chi connectivity index (χ4n) is 2.88. The molecular formula is C18H19N3O. The predicted octanol–water partition coefficient (Wildman–Crippen LogP) is 2.91. The standard InChI is InChI=1S/C18H19N3O/c1-13(22)19-18-20-16(14-9-5-3-6-10-14)17(21(18)2)15-11-7-4-8-12-15/h3-12,16-17H,1-2H3,(H,19,20,22). The summed E-state index contributed by atoms with van der Waals surface area (Å²) in [5.41, 5.74) is 2.33. The number of hydrogen-bond acceptors (Lipinski definition) is 3. The number of benzene rings is 2. The summed E-state index contributed by atoms with van der Waals surface area (Å²) in [6, 6.07) is 20.5. The second kappa shape index (κ2) is 6.02. The molecule has 1 amide bonds. The molecule has 0 bridgehead atoms. The molecule has 1 aliphatic heterocycles. The van der Waals surface area contributed by atoms with Crippen molar-refractivity contribution < 1.29 is 4.79 Å². The van der Waals surface area contributed by atoms with Gasteiger partial charge in [-0.05, 0) is 11.1 Å². The van der Waals surface area contributed by atoms with Crippen molar-refractivity contribution in [2.75, 3.05) is 7.05 Å². The number of likely N-dealkylation sites (N-methyl/N-ethyl adjacent to an activating group) is 1. The van der Waals surface area contributed by atoms with Gasteiger partial charge in [0.05, 0.1) is 6.04 Å². The van der Waals surface area contributed by atoms with Gasteiger partial charge in [-0.2, -0.15) is 0 Å². The number of guanidine groups is 1.